The van der Waals surface area contributed by atoms with E-state index in [1.165, 1.54) is 0 Å². The van der Waals surface area contributed by atoms with E-state index in [1.807, 2.05) is 19.1 Å². The Labute approximate surface area is 132 Å². The van der Waals surface area contributed by atoms with Crippen LogP contribution in [0.5, 0.6) is 0 Å². The Balaban J connectivity index is 2.34. The zero-order valence-electron chi connectivity index (χ0n) is 11.4. The lowest BCUT2D eigenvalue weighted by molar-refractivity contribution is -0.150. The molecule has 1 atom stereocenters. The highest BCUT2D eigenvalue weighted by Gasteiger charge is 2.31. The summed E-state index contributed by atoms with van der Waals surface area (Å²) >= 11 is 9.72. The maximum atomic E-state index is 12.3. The quantitative estimate of drug-likeness (QED) is 0.837. The number of carbonyl (C=O) groups is 1. The van der Waals surface area contributed by atoms with E-state index in [-0.39, 0.29) is 5.97 Å². The molecule has 1 N–H and O–H groups in total. The summed E-state index contributed by atoms with van der Waals surface area (Å²) in [5.41, 5.74) is 0.793. The summed E-state index contributed by atoms with van der Waals surface area (Å²) in [6, 6.07) is 5.12. The summed E-state index contributed by atoms with van der Waals surface area (Å²) in [7, 11) is 0. The average molecular weight is 362 g/mol. The van der Waals surface area contributed by atoms with Gasteiger partial charge < -0.3 is 10.1 Å². The predicted molar refractivity (Wildman–Crippen MR) is 83.0 cm³/mol. The number of rotatable bonds is 4. The van der Waals surface area contributed by atoms with Crippen molar-refractivity contribution in [2.75, 3.05) is 32.8 Å². The van der Waals surface area contributed by atoms with Crippen LogP contribution >= 0.6 is 27.5 Å². The lowest BCUT2D eigenvalue weighted by atomic mass is 10.0. The molecule has 6 heteroatoms. The number of hydrogen-bond donors (Lipinski definition) is 1. The molecule has 0 bridgehead atoms. The summed E-state index contributed by atoms with van der Waals surface area (Å²) in [5, 5.41) is 3.87. The molecule has 1 aromatic carbocycles. The Bertz CT molecular complexity index is 478. The van der Waals surface area contributed by atoms with Gasteiger partial charge in [0, 0.05) is 41.2 Å². The molecule has 0 saturated carbocycles. The summed E-state index contributed by atoms with van der Waals surface area (Å²) in [6.07, 6.45) is 0. The van der Waals surface area contributed by atoms with Crippen molar-refractivity contribution < 1.29 is 9.53 Å². The molecule has 110 valence electrons. The molecular formula is C14H18BrClN2O2. The molecule has 1 saturated heterocycles. The van der Waals surface area contributed by atoms with Crippen LogP contribution in [-0.4, -0.2) is 43.7 Å². The van der Waals surface area contributed by atoms with Gasteiger partial charge in [-0.15, -0.1) is 0 Å². The van der Waals surface area contributed by atoms with E-state index in [4.69, 9.17) is 16.3 Å². The van der Waals surface area contributed by atoms with Crippen LogP contribution in [0.1, 0.15) is 18.5 Å². The van der Waals surface area contributed by atoms with Gasteiger partial charge in [0.25, 0.3) is 0 Å². The number of halogens is 2. The number of ether oxygens (including phenoxy) is 1. The van der Waals surface area contributed by atoms with Crippen molar-refractivity contribution in [2.45, 2.75) is 13.0 Å². The molecule has 0 radical (unpaired) electrons. The summed E-state index contributed by atoms with van der Waals surface area (Å²) in [4.78, 5) is 14.5. The Kier molecular flexibility index (Phi) is 5.84. The Morgan fingerprint density at radius 1 is 1.50 bits per heavy atom. The van der Waals surface area contributed by atoms with Gasteiger partial charge in [0.15, 0.2) is 0 Å². The second kappa shape index (κ2) is 7.41. The molecule has 20 heavy (non-hydrogen) atoms. The number of carbonyl (C=O) groups excluding carboxylic acids is 1. The van der Waals surface area contributed by atoms with Crippen molar-refractivity contribution in [3.8, 4) is 0 Å². The Hall–Kier alpha value is -0.620. The minimum atomic E-state index is -0.443. The average Bonchev–Trinajstić information content (AvgIpc) is 2.44. The number of hydrogen-bond acceptors (Lipinski definition) is 4. The molecule has 0 spiro atoms. The number of nitrogens with zero attached hydrogens (tertiary/aromatic N) is 1. The Morgan fingerprint density at radius 2 is 2.20 bits per heavy atom. The molecule has 0 aromatic heterocycles. The van der Waals surface area contributed by atoms with Crippen molar-refractivity contribution in [3.63, 3.8) is 0 Å². The highest BCUT2D eigenvalue weighted by Crippen LogP contribution is 2.31. The molecule has 0 aliphatic carbocycles. The highest BCUT2D eigenvalue weighted by atomic mass is 79.9. The van der Waals surface area contributed by atoms with Crippen LogP contribution < -0.4 is 5.32 Å². The molecule has 1 aliphatic heterocycles. The minimum Gasteiger partial charge on any atom is -0.465 e. The van der Waals surface area contributed by atoms with Crippen LogP contribution in [0.25, 0.3) is 0 Å². The van der Waals surface area contributed by atoms with E-state index in [9.17, 15) is 4.79 Å². The van der Waals surface area contributed by atoms with Crippen LogP contribution in [0.15, 0.2) is 22.7 Å². The number of piperazine rings is 1. The number of benzene rings is 1. The van der Waals surface area contributed by atoms with E-state index in [0.717, 1.165) is 36.2 Å². The fraction of sp³-hybridized carbons (Fsp3) is 0.500. The monoisotopic (exact) mass is 360 g/mol. The largest absolute Gasteiger partial charge is 0.465 e. The second-order valence-corrected chi connectivity index (χ2v) is 5.93. The van der Waals surface area contributed by atoms with Gasteiger partial charge in [0.2, 0.25) is 0 Å². The normalized spacial score (nSPS) is 17.8. The van der Waals surface area contributed by atoms with E-state index in [2.05, 4.69) is 26.1 Å². The zero-order chi connectivity index (χ0) is 14.5. The van der Waals surface area contributed by atoms with E-state index in [1.54, 1.807) is 6.07 Å². The Morgan fingerprint density at radius 3 is 2.85 bits per heavy atom. The van der Waals surface area contributed by atoms with Gasteiger partial charge in [-0.05, 0) is 25.1 Å². The summed E-state index contributed by atoms with van der Waals surface area (Å²) in [6.45, 7) is 5.50. The van der Waals surface area contributed by atoms with Gasteiger partial charge >= 0.3 is 5.97 Å². The van der Waals surface area contributed by atoms with Crippen LogP contribution in [0.2, 0.25) is 5.02 Å². The van der Waals surface area contributed by atoms with Crippen LogP contribution in [0.4, 0.5) is 0 Å². The number of nitrogens with one attached hydrogen (secondary N) is 1. The lowest BCUT2D eigenvalue weighted by Gasteiger charge is -2.34. The first-order valence-electron chi connectivity index (χ1n) is 6.70. The van der Waals surface area contributed by atoms with E-state index >= 15 is 0 Å². The third-order valence-corrected chi connectivity index (χ3v) is 4.12. The van der Waals surface area contributed by atoms with Gasteiger partial charge in [-0.1, -0.05) is 27.5 Å². The molecule has 4 nitrogen and oxygen atoms in total. The fourth-order valence-electron chi connectivity index (χ4n) is 2.36. The molecule has 1 aromatic rings. The van der Waals surface area contributed by atoms with Gasteiger partial charge in [-0.2, -0.15) is 0 Å². The zero-order valence-corrected chi connectivity index (χ0v) is 13.7. The van der Waals surface area contributed by atoms with Gasteiger partial charge in [-0.3, -0.25) is 4.90 Å². The maximum Gasteiger partial charge on any atom is 0.328 e. The standard InChI is InChI=1S/C14H18BrClN2O2/c1-2-20-14(19)13(18-7-5-17-6-8-18)11-9-10(15)3-4-12(11)16/h3-4,9,13,17H,2,5-8H2,1H3. The van der Waals surface area contributed by atoms with Crippen molar-refractivity contribution in [1.29, 1.82) is 0 Å². The second-order valence-electron chi connectivity index (χ2n) is 4.61. The number of esters is 1. The van der Waals surface area contributed by atoms with Crippen molar-refractivity contribution in [2.24, 2.45) is 0 Å². The molecule has 1 fully saturated rings. The smallest absolute Gasteiger partial charge is 0.328 e. The third kappa shape index (κ3) is 3.73. The lowest BCUT2D eigenvalue weighted by Crippen LogP contribution is -2.47. The fourth-order valence-corrected chi connectivity index (χ4v) is 2.96. The first kappa shape index (κ1) is 15.8. The van der Waals surface area contributed by atoms with Gasteiger partial charge in [0.1, 0.15) is 6.04 Å². The third-order valence-electron chi connectivity index (χ3n) is 3.28. The first-order chi connectivity index (χ1) is 9.63. The first-order valence-corrected chi connectivity index (χ1v) is 7.87. The van der Waals surface area contributed by atoms with Crippen molar-refractivity contribution >= 4 is 33.5 Å². The van der Waals surface area contributed by atoms with Crippen molar-refractivity contribution in [3.05, 3.63) is 33.3 Å². The van der Waals surface area contributed by atoms with Crippen LogP contribution in [-0.2, 0) is 9.53 Å². The molecular weight excluding hydrogens is 344 g/mol. The molecule has 0 amide bonds. The van der Waals surface area contributed by atoms with Crippen LogP contribution in [0, 0.1) is 0 Å². The highest BCUT2D eigenvalue weighted by molar-refractivity contribution is 9.10. The summed E-state index contributed by atoms with van der Waals surface area (Å²) < 4.78 is 6.14. The van der Waals surface area contributed by atoms with Crippen LogP contribution in [0.3, 0.4) is 0 Å². The maximum absolute atomic E-state index is 12.3. The SMILES string of the molecule is CCOC(=O)C(c1cc(Br)ccc1Cl)N1CCNCC1. The minimum absolute atomic E-state index is 0.241. The van der Waals surface area contributed by atoms with E-state index < -0.39 is 6.04 Å². The van der Waals surface area contributed by atoms with Gasteiger partial charge in [0.05, 0.1) is 6.61 Å². The topological polar surface area (TPSA) is 41.6 Å². The summed E-state index contributed by atoms with van der Waals surface area (Å²) in [5.74, 6) is -0.241. The molecule has 1 heterocycles. The molecule has 1 unspecified atom stereocenters. The molecule has 1 aliphatic rings. The van der Waals surface area contributed by atoms with Gasteiger partial charge in [-0.25, -0.2) is 4.79 Å². The predicted octanol–water partition coefficient (Wildman–Crippen LogP) is 2.61. The molecule has 2 rings (SSSR count). The van der Waals surface area contributed by atoms with Crippen molar-refractivity contribution in [1.82, 2.24) is 10.2 Å². The van der Waals surface area contributed by atoms with E-state index in [0.29, 0.717) is 11.6 Å².